The molecular formula is C18H19N3O5. The van der Waals surface area contributed by atoms with Gasteiger partial charge < -0.3 is 4.74 Å². The van der Waals surface area contributed by atoms with Crippen LogP contribution in [0, 0.1) is 0 Å². The smallest absolute Gasteiger partial charge is 0.330 e. The van der Waals surface area contributed by atoms with Crippen LogP contribution in [0.3, 0.4) is 0 Å². The number of hydrazine groups is 1. The first kappa shape index (κ1) is 16.7. The number of rotatable bonds is 2. The van der Waals surface area contributed by atoms with Crippen molar-refractivity contribution in [2.24, 2.45) is 0 Å². The Morgan fingerprint density at radius 2 is 1.69 bits per heavy atom. The first-order valence-electron chi connectivity index (χ1n) is 8.67. The summed E-state index contributed by atoms with van der Waals surface area (Å²) in [6.45, 7) is 1.17. The van der Waals surface area contributed by atoms with E-state index in [1.807, 2.05) is 5.01 Å². The summed E-state index contributed by atoms with van der Waals surface area (Å²) in [7, 11) is 1.29. The van der Waals surface area contributed by atoms with Crippen molar-refractivity contribution in [2.75, 3.05) is 20.2 Å². The van der Waals surface area contributed by atoms with Gasteiger partial charge in [-0.2, -0.15) is 0 Å². The van der Waals surface area contributed by atoms with Crippen LogP contribution >= 0.6 is 0 Å². The monoisotopic (exact) mass is 357 g/mol. The molecule has 0 saturated carbocycles. The van der Waals surface area contributed by atoms with E-state index < -0.39 is 35.8 Å². The number of carbonyl (C=O) groups excluding carboxylic acids is 4. The van der Waals surface area contributed by atoms with E-state index in [1.54, 1.807) is 24.3 Å². The molecule has 26 heavy (non-hydrogen) atoms. The SMILES string of the molecule is COC(=O)[C@@H]1CCN2CCC[C@H](N3C(=O)c4ccccc4C3=O)C(=O)N12. The van der Waals surface area contributed by atoms with Gasteiger partial charge in [-0.25, -0.2) is 9.80 Å². The van der Waals surface area contributed by atoms with E-state index in [0.29, 0.717) is 43.5 Å². The highest BCUT2D eigenvalue weighted by atomic mass is 16.5. The summed E-state index contributed by atoms with van der Waals surface area (Å²) in [5.41, 5.74) is 0.634. The van der Waals surface area contributed by atoms with E-state index >= 15 is 0 Å². The molecule has 2 atom stereocenters. The molecular weight excluding hydrogens is 338 g/mol. The van der Waals surface area contributed by atoms with Gasteiger partial charge in [0.1, 0.15) is 12.1 Å². The quantitative estimate of drug-likeness (QED) is 0.564. The topological polar surface area (TPSA) is 87.2 Å². The lowest BCUT2D eigenvalue weighted by Crippen LogP contribution is -2.55. The Hall–Kier alpha value is -2.74. The van der Waals surface area contributed by atoms with Crippen molar-refractivity contribution < 1.29 is 23.9 Å². The molecule has 2 fully saturated rings. The van der Waals surface area contributed by atoms with Crippen LogP contribution in [0.15, 0.2) is 24.3 Å². The standard InChI is InChI=1S/C18H19N3O5/c1-26-18(25)14-8-10-19-9-4-7-13(17(24)21(14)19)20-15(22)11-5-2-3-6-12(11)16(20)23/h2-3,5-6,13-14H,4,7-10H2,1H3/t13-,14-/m0/s1. The molecule has 0 N–H and O–H groups in total. The van der Waals surface area contributed by atoms with Crippen molar-refractivity contribution in [3.05, 3.63) is 35.4 Å². The molecule has 3 amide bonds. The summed E-state index contributed by atoms with van der Waals surface area (Å²) in [4.78, 5) is 51.9. The van der Waals surface area contributed by atoms with E-state index in [1.165, 1.54) is 12.1 Å². The summed E-state index contributed by atoms with van der Waals surface area (Å²) in [5, 5.41) is 3.22. The molecule has 0 aromatic heterocycles. The average Bonchev–Trinajstić information content (AvgIpc) is 3.13. The second kappa shape index (κ2) is 6.21. The third kappa shape index (κ3) is 2.33. The van der Waals surface area contributed by atoms with Crippen LogP contribution in [0.2, 0.25) is 0 Å². The van der Waals surface area contributed by atoms with Gasteiger partial charge in [-0.05, 0) is 31.4 Å². The molecule has 0 radical (unpaired) electrons. The zero-order valence-electron chi connectivity index (χ0n) is 14.4. The fourth-order valence-corrected chi connectivity index (χ4v) is 4.04. The number of methoxy groups -OCH3 is 1. The van der Waals surface area contributed by atoms with Crippen LogP contribution in [0.1, 0.15) is 40.0 Å². The third-order valence-corrected chi connectivity index (χ3v) is 5.28. The third-order valence-electron chi connectivity index (χ3n) is 5.28. The second-order valence-electron chi connectivity index (χ2n) is 6.65. The van der Waals surface area contributed by atoms with Gasteiger partial charge in [0, 0.05) is 13.1 Å². The fourth-order valence-electron chi connectivity index (χ4n) is 4.04. The molecule has 8 heteroatoms. The zero-order valence-corrected chi connectivity index (χ0v) is 14.4. The van der Waals surface area contributed by atoms with Crippen LogP contribution < -0.4 is 0 Å². The van der Waals surface area contributed by atoms with Gasteiger partial charge >= 0.3 is 5.97 Å². The molecule has 3 aliphatic rings. The zero-order chi connectivity index (χ0) is 18.4. The van der Waals surface area contributed by atoms with Crippen molar-refractivity contribution in [1.82, 2.24) is 14.9 Å². The molecule has 0 aliphatic carbocycles. The van der Waals surface area contributed by atoms with Crippen LogP contribution in [0.5, 0.6) is 0 Å². The number of hydrogen-bond acceptors (Lipinski definition) is 6. The van der Waals surface area contributed by atoms with E-state index in [9.17, 15) is 19.2 Å². The molecule has 0 spiro atoms. The Morgan fingerprint density at radius 1 is 1.04 bits per heavy atom. The minimum atomic E-state index is -0.905. The molecule has 1 aromatic carbocycles. The first-order chi connectivity index (χ1) is 12.5. The summed E-state index contributed by atoms with van der Waals surface area (Å²) >= 11 is 0. The number of nitrogens with zero attached hydrogens (tertiary/aromatic N) is 3. The fraction of sp³-hybridized carbons (Fsp3) is 0.444. The molecule has 0 bridgehead atoms. The highest BCUT2D eigenvalue weighted by molar-refractivity contribution is 6.22. The second-order valence-corrected chi connectivity index (χ2v) is 6.65. The molecule has 8 nitrogen and oxygen atoms in total. The minimum absolute atomic E-state index is 0.317. The molecule has 4 rings (SSSR count). The number of hydrogen-bond donors (Lipinski definition) is 0. The van der Waals surface area contributed by atoms with Gasteiger partial charge in [-0.1, -0.05) is 12.1 Å². The first-order valence-corrected chi connectivity index (χ1v) is 8.67. The van der Waals surface area contributed by atoms with Gasteiger partial charge in [0.05, 0.1) is 18.2 Å². The Morgan fingerprint density at radius 3 is 2.31 bits per heavy atom. The van der Waals surface area contributed by atoms with Crippen molar-refractivity contribution >= 4 is 23.7 Å². The highest BCUT2D eigenvalue weighted by Crippen LogP contribution is 2.31. The van der Waals surface area contributed by atoms with Crippen molar-refractivity contribution in [3.8, 4) is 0 Å². The number of fused-ring (bicyclic) bond motifs is 2. The molecule has 2 saturated heterocycles. The number of imide groups is 1. The van der Waals surface area contributed by atoms with Crippen molar-refractivity contribution in [1.29, 1.82) is 0 Å². The molecule has 3 heterocycles. The summed E-state index contributed by atoms with van der Waals surface area (Å²) in [6, 6.07) is 4.96. The largest absolute Gasteiger partial charge is 0.467 e. The Balaban J connectivity index is 1.67. The van der Waals surface area contributed by atoms with Crippen LogP contribution in [-0.2, 0) is 14.3 Å². The van der Waals surface area contributed by atoms with Gasteiger partial charge in [0.25, 0.3) is 17.7 Å². The molecule has 136 valence electrons. The van der Waals surface area contributed by atoms with E-state index in [-0.39, 0.29) is 0 Å². The number of carbonyl (C=O) groups is 4. The van der Waals surface area contributed by atoms with Gasteiger partial charge in [-0.15, -0.1) is 0 Å². The minimum Gasteiger partial charge on any atom is -0.467 e. The maximum absolute atomic E-state index is 13.2. The number of benzene rings is 1. The van der Waals surface area contributed by atoms with Gasteiger partial charge in [0.15, 0.2) is 0 Å². The van der Waals surface area contributed by atoms with Gasteiger partial charge in [-0.3, -0.25) is 24.3 Å². The highest BCUT2D eigenvalue weighted by Gasteiger charge is 2.49. The maximum Gasteiger partial charge on any atom is 0.330 e. The van der Waals surface area contributed by atoms with E-state index in [4.69, 9.17) is 4.74 Å². The number of amides is 3. The molecule has 0 unspecified atom stereocenters. The normalized spacial score (nSPS) is 26.0. The number of ether oxygens (including phenoxy) is 1. The summed E-state index contributed by atoms with van der Waals surface area (Å²) in [5.74, 6) is -1.79. The summed E-state index contributed by atoms with van der Waals surface area (Å²) < 4.78 is 4.82. The average molecular weight is 357 g/mol. The van der Waals surface area contributed by atoms with Crippen molar-refractivity contribution in [3.63, 3.8) is 0 Å². The number of esters is 1. The lowest BCUT2D eigenvalue weighted by atomic mass is 10.1. The van der Waals surface area contributed by atoms with Crippen LogP contribution in [-0.4, -0.2) is 70.9 Å². The predicted octanol–water partition coefficient (Wildman–Crippen LogP) is 0.436. The van der Waals surface area contributed by atoms with E-state index in [2.05, 4.69) is 0 Å². The van der Waals surface area contributed by atoms with Crippen LogP contribution in [0.4, 0.5) is 0 Å². The predicted molar refractivity (Wildman–Crippen MR) is 88.8 cm³/mol. The van der Waals surface area contributed by atoms with Crippen LogP contribution in [0.25, 0.3) is 0 Å². The lowest BCUT2D eigenvalue weighted by molar-refractivity contribution is -0.162. The Bertz CT molecular complexity index is 773. The Labute approximate surface area is 150 Å². The van der Waals surface area contributed by atoms with E-state index in [0.717, 1.165) is 4.90 Å². The maximum atomic E-state index is 13.2. The Kier molecular flexibility index (Phi) is 3.99. The van der Waals surface area contributed by atoms with Crippen molar-refractivity contribution in [2.45, 2.75) is 31.3 Å². The molecule has 1 aromatic rings. The lowest BCUT2D eigenvalue weighted by Gasteiger charge is -2.32. The summed E-state index contributed by atoms with van der Waals surface area (Å²) in [6.07, 6.45) is 1.51. The van der Waals surface area contributed by atoms with Gasteiger partial charge in [0.2, 0.25) is 0 Å². The molecule has 3 aliphatic heterocycles.